The first-order valence-electron chi connectivity index (χ1n) is 6.63. The third-order valence-corrected chi connectivity index (χ3v) is 3.46. The molecule has 2 rings (SSSR count). The minimum atomic E-state index is -0.900. The minimum Gasteiger partial charge on any atom is -0.494 e. The molecule has 1 aromatic carbocycles. The van der Waals surface area contributed by atoms with Crippen molar-refractivity contribution in [3.8, 4) is 5.75 Å². The van der Waals surface area contributed by atoms with Crippen molar-refractivity contribution < 1.29 is 23.8 Å². The van der Waals surface area contributed by atoms with E-state index in [1.807, 2.05) is 0 Å². The van der Waals surface area contributed by atoms with Crippen molar-refractivity contribution in [1.29, 1.82) is 0 Å². The van der Waals surface area contributed by atoms with Gasteiger partial charge in [0.1, 0.15) is 0 Å². The Kier molecular flexibility index (Phi) is 4.62. The van der Waals surface area contributed by atoms with Crippen LogP contribution in [0.4, 0.5) is 14.9 Å². The van der Waals surface area contributed by atoms with Crippen molar-refractivity contribution in [2.45, 2.75) is 12.8 Å². The molecule has 0 radical (unpaired) electrons. The maximum absolute atomic E-state index is 13.5. The van der Waals surface area contributed by atoms with Gasteiger partial charge in [-0.25, -0.2) is 9.18 Å². The Hall–Kier alpha value is -2.31. The van der Waals surface area contributed by atoms with Crippen LogP contribution < -0.4 is 10.1 Å². The van der Waals surface area contributed by atoms with E-state index in [4.69, 9.17) is 9.84 Å². The summed E-state index contributed by atoms with van der Waals surface area (Å²) in [6.45, 7) is 0.661. The SMILES string of the molecule is COc1ccc(NC(=O)N2CCCC(C(=O)O)C2)cc1F. The molecule has 21 heavy (non-hydrogen) atoms. The van der Waals surface area contributed by atoms with Crippen LogP contribution in [-0.4, -0.2) is 42.2 Å². The molecule has 7 heteroatoms. The number of nitrogens with zero attached hydrogens (tertiary/aromatic N) is 1. The number of anilines is 1. The van der Waals surface area contributed by atoms with Crippen molar-refractivity contribution in [1.82, 2.24) is 4.90 Å². The van der Waals surface area contributed by atoms with Crippen LogP contribution in [0.2, 0.25) is 0 Å². The van der Waals surface area contributed by atoms with Crippen LogP contribution in [-0.2, 0) is 4.79 Å². The number of amides is 2. The quantitative estimate of drug-likeness (QED) is 0.896. The molecule has 1 heterocycles. The van der Waals surface area contributed by atoms with E-state index in [1.54, 1.807) is 0 Å². The van der Waals surface area contributed by atoms with Gasteiger partial charge in [0, 0.05) is 24.8 Å². The fourth-order valence-electron chi connectivity index (χ4n) is 2.31. The van der Waals surface area contributed by atoms with Gasteiger partial charge in [0.05, 0.1) is 13.0 Å². The van der Waals surface area contributed by atoms with Crippen LogP contribution in [0.1, 0.15) is 12.8 Å². The van der Waals surface area contributed by atoms with Crippen LogP contribution in [0.15, 0.2) is 18.2 Å². The summed E-state index contributed by atoms with van der Waals surface area (Å²) in [5.41, 5.74) is 0.302. The van der Waals surface area contributed by atoms with Crippen molar-refractivity contribution in [2.24, 2.45) is 5.92 Å². The summed E-state index contributed by atoms with van der Waals surface area (Å²) < 4.78 is 18.3. The third-order valence-electron chi connectivity index (χ3n) is 3.46. The smallest absolute Gasteiger partial charge is 0.321 e. The number of urea groups is 1. The standard InChI is InChI=1S/C14H17FN2O4/c1-21-12-5-4-10(7-11(12)15)16-14(20)17-6-2-3-9(8-17)13(18)19/h4-5,7,9H,2-3,6,8H2,1H3,(H,16,20)(H,18,19). The van der Waals surface area contributed by atoms with E-state index < -0.39 is 23.7 Å². The van der Waals surface area contributed by atoms with Crippen molar-refractivity contribution in [2.75, 3.05) is 25.5 Å². The lowest BCUT2D eigenvalue weighted by Crippen LogP contribution is -2.44. The molecule has 0 bridgehead atoms. The first kappa shape index (κ1) is 15.1. The Bertz CT molecular complexity index is 550. The average molecular weight is 296 g/mol. The summed E-state index contributed by atoms with van der Waals surface area (Å²) in [5.74, 6) is -1.92. The third kappa shape index (κ3) is 3.62. The molecule has 114 valence electrons. The van der Waals surface area contributed by atoms with Gasteiger partial charge >= 0.3 is 12.0 Å². The second-order valence-corrected chi connectivity index (χ2v) is 4.90. The molecule has 0 aromatic heterocycles. The fourth-order valence-corrected chi connectivity index (χ4v) is 2.31. The van der Waals surface area contributed by atoms with E-state index in [0.717, 1.165) is 6.07 Å². The van der Waals surface area contributed by atoms with Crippen molar-refractivity contribution in [3.05, 3.63) is 24.0 Å². The maximum atomic E-state index is 13.5. The van der Waals surface area contributed by atoms with Crippen LogP contribution in [0.3, 0.4) is 0 Å². The highest BCUT2D eigenvalue weighted by molar-refractivity contribution is 5.89. The monoisotopic (exact) mass is 296 g/mol. The molecule has 2 amide bonds. The van der Waals surface area contributed by atoms with Gasteiger partial charge in [-0.05, 0) is 25.0 Å². The topological polar surface area (TPSA) is 78.9 Å². The molecule has 0 saturated carbocycles. The summed E-state index contributed by atoms with van der Waals surface area (Å²) in [4.78, 5) is 24.5. The summed E-state index contributed by atoms with van der Waals surface area (Å²) in [7, 11) is 1.36. The van der Waals surface area contributed by atoms with Gasteiger partial charge in [-0.3, -0.25) is 4.79 Å². The number of benzene rings is 1. The zero-order valence-electron chi connectivity index (χ0n) is 11.6. The number of ether oxygens (including phenoxy) is 1. The van der Waals surface area contributed by atoms with Crippen molar-refractivity contribution >= 4 is 17.7 Å². The van der Waals surface area contributed by atoms with Gasteiger partial charge in [-0.1, -0.05) is 0 Å². The number of carboxylic acid groups (broad SMARTS) is 1. The molecular weight excluding hydrogens is 279 g/mol. The van der Waals surface area contributed by atoms with Gasteiger partial charge in [-0.2, -0.15) is 0 Å². The number of hydrogen-bond donors (Lipinski definition) is 2. The van der Waals surface area contributed by atoms with E-state index >= 15 is 0 Å². The second-order valence-electron chi connectivity index (χ2n) is 4.90. The first-order chi connectivity index (χ1) is 10.0. The van der Waals surface area contributed by atoms with Crippen LogP contribution in [0.25, 0.3) is 0 Å². The van der Waals surface area contributed by atoms with E-state index in [2.05, 4.69) is 5.32 Å². The van der Waals surface area contributed by atoms with Gasteiger partial charge in [0.2, 0.25) is 0 Å². The highest BCUT2D eigenvalue weighted by atomic mass is 19.1. The first-order valence-corrected chi connectivity index (χ1v) is 6.63. The number of piperidine rings is 1. The van der Waals surface area contributed by atoms with Gasteiger partial charge in [-0.15, -0.1) is 0 Å². The minimum absolute atomic E-state index is 0.0944. The zero-order valence-corrected chi connectivity index (χ0v) is 11.6. The Morgan fingerprint density at radius 1 is 1.48 bits per heavy atom. The lowest BCUT2D eigenvalue weighted by Gasteiger charge is -2.30. The number of halogens is 1. The lowest BCUT2D eigenvalue weighted by atomic mass is 9.99. The van der Waals surface area contributed by atoms with Gasteiger partial charge < -0.3 is 20.1 Å². The number of methoxy groups -OCH3 is 1. The van der Waals surface area contributed by atoms with Crippen LogP contribution in [0, 0.1) is 11.7 Å². The second kappa shape index (κ2) is 6.43. The van der Waals surface area contributed by atoms with Crippen LogP contribution in [0.5, 0.6) is 5.75 Å². The molecule has 2 N–H and O–H groups in total. The predicted molar refractivity (Wildman–Crippen MR) is 73.9 cm³/mol. The molecule has 1 aliphatic rings. The Morgan fingerprint density at radius 3 is 2.86 bits per heavy atom. The van der Waals surface area contributed by atoms with E-state index in [0.29, 0.717) is 25.1 Å². The van der Waals surface area contributed by atoms with Gasteiger partial charge in [0.25, 0.3) is 0 Å². The van der Waals surface area contributed by atoms with Crippen LogP contribution >= 0.6 is 0 Å². The molecule has 1 saturated heterocycles. The normalized spacial score (nSPS) is 18.2. The number of hydrogen-bond acceptors (Lipinski definition) is 3. The number of rotatable bonds is 3. The molecule has 1 aliphatic heterocycles. The molecule has 1 fully saturated rings. The number of aliphatic carboxylic acids is 1. The number of carboxylic acids is 1. The van der Waals surface area contributed by atoms with Crippen molar-refractivity contribution in [3.63, 3.8) is 0 Å². The number of carbonyl (C=O) groups is 2. The molecular formula is C14H17FN2O4. The van der Waals surface area contributed by atoms with E-state index in [1.165, 1.54) is 24.1 Å². The fraction of sp³-hybridized carbons (Fsp3) is 0.429. The summed E-state index contributed by atoms with van der Waals surface area (Å²) >= 11 is 0. The molecule has 0 spiro atoms. The summed E-state index contributed by atoms with van der Waals surface area (Å²) in [6, 6.07) is 3.68. The molecule has 6 nitrogen and oxygen atoms in total. The Labute approximate surface area is 121 Å². The van der Waals surface area contributed by atoms with E-state index in [-0.39, 0.29) is 12.3 Å². The largest absolute Gasteiger partial charge is 0.494 e. The highest BCUT2D eigenvalue weighted by Gasteiger charge is 2.28. The summed E-state index contributed by atoms with van der Waals surface area (Å²) in [5, 5.41) is 11.6. The molecule has 1 atom stereocenters. The predicted octanol–water partition coefficient (Wildman–Crippen LogP) is 2.16. The summed E-state index contributed by atoms with van der Waals surface area (Å²) in [6.07, 6.45) is 1.21. The highest BCUT2D eigenvalue weighted by Crippen LogP contribution is 2.22. The Morgan fingerprint density at radius 2 is 2.24 bits per heavy atom. The zero-order chi connectivity index (χ0) is 15.4. The number of carbonyl (C=O) groups excluding carboxylic acids is 1. The average Bonchev–Trinajstić information content (AvgIpc) is 2.47. The maximum Gasteiger partial charge on any atom is 0.321 e. The lowest BCUT2D eigenvalue weighted by molar-refractivity contribution is -0.143. The Balaban J connectivity index is 2.00. The van der Waals surface area contributed by atoms with E-state index in [9.17, 15) is 14.0 Å². The number of likely N-dealkylation sites (tertiary alicyclic amines) is 1. The van der Waals surface area contributed by atoms with Gasteiger partial charge in [0.15, 0.2) is 11.6 Å². The molecule has 1 aromatic rings. The number of nitrogens with one attached hydrogen (secondary N) is 1. The molecule has 0 aliphatic carbocycles. The molecule has 1 unspecified atom stereocenters.